The lowest BCUT2D eigenvalue weighted by Crippen LogP contribution is -2.32. The third kappa shape index (κ3) is 5.75. The number of carbonyl (C=O) groups is 1. The van der Waals surface area contributed by atoms with Crippen LogP contribution in [0.2, 0.25) is 0 Å². The summed E-state index contributed by atoms with van der Waals surface area (Å²) in [5.74, 6) is -0.327. The van der Waals surface area contributed by atoms with Crippen molar-refractivity contribution in [1.82, 2.24) is 19.9 Å². The van der Waals surface area contributed by atoms with E-state index in [0.717, 1.165) is 30.5 Å². The Kier molecular flexibility index (Phi) is 7.54. The van der Waals surface area contributed by atoms with E-state index in [1.54, 1.807) is 19.1 Å². The van der Waals surface area contributed by atoms with Gasteiger partial charge in [-0.15, -0.1) is 0 Å². The van der Waals surface area contributed by atoms with Crippen LogP contribution in [-0.2, 0) is 11.3 Å². The van der Waals surface area contributed by atoms with Crippen molar-refractivity contribution in [3.63, 3.8) is 0 Å². The number of aromatic nitrogens is 3. The highest BCUT2D eigenvalue weighted by atomic mass is 16.5. The molecule has 29 heavy (non-hydrogen) atoms. The first kappa shape index (κ1) is 20.8. The summed E-state index contributed by atoms with van der Waals surface area (Å²) in [5.41, 5.74) is 2.36. The Hall–Kier alpha value is -2.97. The van der Waals surface area contributed by atoms with Crippen LogP contribution in [0.1, 0.15) is 23.7 Å². The number of imidazole rings is 1. The van der Waals surface area contributed by atoms with E-state index in [4.69, 9.17) is 9.47 Å². The van der Waals surface area contributed by atoms with E-state index >= 15 is 0 Å². The zero-order valence-electron chi connectivity index (χ0n) is 16.5. The second kappa shape index (κ2) is 10.5. The second-order valence-corrected chi connectivity index (χ2v) is 6.53. The maximum atomic E-state index is 11.9. The first-order valence-corrected chi connectivity index (χ1v) is 9.72. The lowest BCUT2D eigenvalue weighted by molar-refractivity contribution is 0.0513. The third-order valence-corrected chi connectivity index (χ3v) is 4.34. The van der Waals surface area contributed by atoms with E-state index < -0.39 is 12.1 Å². The Bertz CT molecular complexity index is 928. The molecular weight excluding hydrogens is 372 g/mol. The van der Waals surface area contributed by atoms with Gasteiger partial charge in [0, 0.05) is 19.3 Å². The lowest BCUT2D eigenvalue weighted by atomic mass is 10.3. The van der Waals surface area contributed by atoms with Gasteiger partial charge in [-0.05, 0) is 44.2 Å². The molecule has 2 aromatic heterocycles. The molecule has 3 aromatic rings. The highest BCUT2D eigenvalue weighted by molar-refractivity contribution is 5.91. The molecule has 0 saturated heterocycles. The van der Waals surface area contributed by atoms with Gasteiger partial charge in [0.15, 0.2) is 0 Å². The average molecular weight is 398 g/mol. The van der Waals surface area contributed by atoms with E-state index in [1.165, 1.54) is 6.20 Å². The van der Waals surface area contributed by atoms with Crippen molar-refractivity contribution in [3.05, 3.63) is 54.5 Å². The highest BCUT2D eigenvalue weighted by Crippen LogP contribution is 2.16. The molecule has 2 N–H and O–H groups in total. The number of para-hydroxylation sites is 2. The third-order valence-electron chi connectivity index (χ3n) is 4.34. The predicted molar refractivity (Wildman–Crippen MR) is 109 cm³/mol. The monoisotopic (exact) mass is 398 g/mol. The SMILES string of the molecule is CCOC(=O)c1cccnc1OCC(O)CNCCCn1cnc2ccccc21. The molecule has 0 amide bonds. The van der Waals surface area contributed by atoms with Gasteiger partial charge in [0.2, 0.25) is 5.88 Å². The summed E-state index contributed by atoms with van der Waals surface area (Å²) in [6.45, 7) is 4.01. The maximum absolute atomic E-state index is 11.9. The highest BCUT2D eigenvalue weighted by Gasteiger charge is 2.15. The molecule has 8 heteroatoms. The molecule has 8 nitrogen and oxygen atoms in total. The summed E-state index contributed by atoms with van der Waals surface area (Å²) in [5, 5.41) is 13.3. The molecule has 0 saturated carbocycles. The fourth-order valence-electron chi connectivity index (χ4n) is 2.94. The number of benzene rings is 1. The minimum atomic E-state index is -0.721. The van der Waals surface area contributed by atoms with Crippen LogP contribution in [0.5, 0.6) is 5.88 Å². The first-order chi connectivity index (χ1) is 14.2. The number of aliphatic hydroxyl groups is 1. The van der Waals surface area contributed by atoms with Gasteiger partial charge in [0.25, 0.3) is 0 Å². The van der Waals surface area contributed by atoms with E-state index in [2.05, 4.69) is 25.9 Å². The number of rotatable bonds is 11. The molecule has 1 atom stereocenters. The second-order valence-electron chi connectivity index (χ2n) is 6.53. The zero-order chi connectivity index (χ0) is 20.5. The molecule has 0 spiro atoms. The smallest absolute Gasteiger partial charge is 0.343 e. The number of hydrogen-bond acceptors (Lipinski definition) is 7. The largest absolute Gasteiger partial charge is 0.474 e. The van der Waals surface area contributed by atoms with Gasteiger partial charge in [-0.2, -0.15) is 0 Å². The summed E-state index contributed by atoms with van der Waals surface area (Å²) in [6.07, 6.45) is 3.56. The fourth-order valence-corrected chi connectivity index (χ4v) is 2.94. The van der Waals surface area contributed by atoms with E-state index in [0.29, 0.717) is 6.54 Å². The van der Waals surface area contributed by atoms with Crippen LogP contribution in [0.25, 0.3) is 11.0 Å². The maximum Gasteiger partial charge on any atom is 0.343 e. The quantitative estimate of drug-likeness (QED) is 0.377. The average Bonchev–Trinajstić information content (AvgIpc) is 3.15. The van der Waals surface area contributed by atoms with Crippen molar-refractivity contribution in [2.45, 2.75) is 26.0 Å². The van der Waals surface area contributed by atoms with Crippen LogP contribution >= 0.6 is 0 Å². The molecule has 3 rings (SSSR count). The topological polar surface area (TPSA) is 98.5 Å². The van der Waals surface area contributed by atoms with Crippen molar-refractivity contribution < 1.29 is 19.4 Å². The molecule has 1 aromatic carbocycles. The van der Waals surface area contributed by atoms with Crippen LogP contribution in [0.4, 0.5) is 0 Å². The van der Waals surface area contributed by atoms with Gasteiger partial charge in [-0.3, -0.25) is 0 Å². The van der Waals surface area contributed by atoms with Gasteiger partial charge in [0.05, 0.1) is 24.0 Å². The summed E-state index contributed by atoms with van der Waals surface area (Å²) in [6, 6.07) is 11.3. The minimum Gasteiger partial charge on any atom is -0.474 e. The number of aryl methyl sites for hydroxylation is 1. The van der Waals surface area contributed by atoms with Crippen LogP contribution in [0.15, 0.2) is 48.9 Å². The van der Waals surface area contributed by atoms with Crippen molar-refractivity contribution in [1.29, 1.82) is 0 Å². The lowest BCUT2D eigenvalue weighted by Gasteiger charge is -2.14. The number of hydrogen-bond donors (Lipinski definition) is 2. The summed E-state index contributed by atoms with van der Waals surface area (Å²) in [7, 11) is 0. The van der Waals surface area contributed by atoms with Gasteiger partial charge >= 0.3 is 5.97 Å². The molecule has 0 aliphatic carbocycles. The summed E-state index contributed by atoms with van der Waals surface area (Å²) in [4.78, 5) is 20.3. The molecule has 0 aliphatic rings. The Morgan fingerprint density at radius 1 is 1.24 bits per heavy atom. The van der Waals surface area contributed by atoms with E-state index in [-0.39, 0.29) is 24.7 Å². The van der Waals surface area contributed by atoms with Gasteiger partial charge < -0.3 is 24.5 Å². The predicted octanol–water partition coefficient (Wildman–Crippen LogP) is 2.03. The molecule has 154 valence electrons. The zero-order valence-corrected chi connectivity index (χ0v) is 16.5. The van der Waals surface area contributed by atoms with Crippen LogP contribution in [0, 0.1) is 0 Å². The van der Waals surface area contributed by atoms with E-state index in [9.17, 15) is 9.90 Å². The Balaban J connectivity index is 1.37. The minimum absolute atomic E-state index is 0.0303. The Labute approximate surface area is 169 Å². The van der Waals surface area contributed by atoms with Crippen molar-refractivity contribution in [3.8, 4) is 5.88 Å². The first-order valence-electron chi connectivity index (χ1n) is 9.72. The van der Waals surface area contributed by atoms with Crippen molar-refractivity contribution >= 4 is 17.0 Å². The summed E-state index contributed by atoms with van der Waals surface area (Å²) >= 11 is 0. The molecule has 0 fully saturated rings. The molecule has 2 heterocycles. The van der Waals surface area contributed by atoms with Gasteiger partial charge in [0.1, 0.15) is 18.3 Å². The number of fused-ring (bicyclic) bond motifs is 1. The fraction of sp³-hybridized carbons (Fsp3) is 0.381. The number of carbonyl (C=O) groups excluding carboxylic acids is 1. The molecule has 0 bridgehead atoms. The molecular formula is C21H26N4O4. The summed E-state index contributed by atoms with van der Waals surface area (Å²) < 4.78 is 12.6. The van der Waals surface area contributed by atoms with Crippen molar-refractivity contribution in [2.75, 3.05) is 26.3 Å². The number of nitrogens with one attached hydrogen (secondary N) is 1. The molecule has 0 aliphatic heterocycles. The number of esters is 1. The number of ether oxygens (including phenoxy) is 2. The van der Waals surface area contributed by atoms with Crippen LogP contribution in [-0.4, -0.2) is 58.0 Å². The van der Waals surface area contributed by atoms with Gasteiger partial charge in [-0.25, -0.2) is 14.8 Å². The van der Waals surface area contributed by atoms with Crippen molar-refractivity contribution in [2.24, 2.45) is 0 Å². The van der Waals surface area contributed by atoms with Gasteiger partial charge in [-0.1, -0.05) is 12.1 Å². The van der Waals surface area contributed by atoms with E-state index in [1.807, 2.05) is 24.5 Å². The number of aliphatic hydroxyl groups excluding tert-OH is 1. The Morgan fingerprint density at radius 3 is 2.97 bits per heavy atom. The van der Waals surface area contributed by atoms with Crippen LogP contribution in [0.3, 0.4) is 0 Å². The molecule has 1 unspecified atom stereocenters. The molecule has 0 radical (unpaired) electrons. The number of nitrogens with zero attached hydrogens (tertiary/aromatic N) is 3. The number of pyridine rings is 1. The van der Waals surface area contributed by atoms with Crippen LogP contribution < -0.4 is 10.1 Å². The Morgan fingerprint density at radius 2 is 2.10 bits per heavy atom. The normalized spacial score (nSPS) is 12.1. The standard InChI is InChI=1S/C21H26N4O4/c1-2-28-21(27)17-7-5-11-23-20(17)29-14-16(26)13-22-10-6-12-25-15-24-18-8-3-4-9-19(18)25/h3-5,7-9,11,15-16,22,26H,2,6,10,12-14H2,1H3.